The van der Waals surface area contributed by atoms with E-state index in [1.807, 2.05) is 11.9 Å². The summed E-state index contributed by atoms with van der Waals surface area (Å²) >= 11 is 0. The van der Waals surface area contributed by atoms with Crippen LogP contribution in [0.5, 0.6) is 0 Å². The molecular weight excluding hydrogens is 272 g/mol. The Bertz CT molecular complexity index is 544. The zero-order valence-corrected chi connectivity index (χ0v) is 13.9. The van der Waals surface area contributed by atoms with Crippen molar-refractivity contribution in [1.82, 2.24) is 4.90 Å². The molecule has 1 unspecified atom stereocenters. The molecular formula is C15H26N2O2S. The lowest BCUT2D eigenvalue weighted by Gasteiger charge is -2.24. The predicted molar refractivity (Wildman–Crippen MR) is 84.8 cm³/mol. The van der Waals surface area contributed by atoms with Gasteiger partial charge in [0, 0.05) is 25.4 Å². The van der Waals surface area contributed by atoms with Gasteiger partial charge in [-0.15, -0.1) is 0 Å². The molecule has 4 nitrogen and oxygen atoms in total. The van der Waals surface area contributed by atoms with Gasteiger partial charge in [-0.3, -0.25) is 0 Å². The molecule has 114 valence electrons. The van der Waals surface area contributed by atoms with Crippen molar-refractivity contribution in [1.29, 1.82) is 0 Å². The summed E-state index contributed by atoms with van der Waals surface area (Å²) < 4.78 is 22.4. The Labute approximate surface area is 122 Å². The van der Waals surface area contributed by atoms with Crippen LogP contribution in [0, 0.1) is 20.8 Å². The minimum absolute atomic E-state index is 0.0971. The smallest absolute Gasteiger partial charge is 0.148 e. The summed E-state index contributed by atoms with van der Waals surface area (Å²) in [4.78, 5) is 1.98. The van der Waals surface area contributed by atoms with Crippen molar-refractivity contribution in [2.75, 3.05) is 32.1 Å². The van der Waals surface area contributed by atoms with Crippen LogP contribution in [-0.4, -0.2) is 45.5 Å². The fourth-order valence-electron chi connectivity index (χ4n) is 2.62. The number of hydrogen-bond donors (Lipinski definition) is 1. The first-order chi connectivity index (χ1) is 9.10. The molecule has 1 atom stereocenters. The number of rotatable bonds is 6. The Morgan fingerprint density at radius 1 is 1.20 bits per heavy atom. The maximum atomic E-state index is 11.2. The monoisotopic (exact) mass is 298 g/mol. The summed E-state index contributed by atoms with van der Waals surface area (Å²) in [5.74, 6) is 0.169. The molecule has 0 aliphatic heterocycles. The van der Waals surface area contributed by atoms with Crippen LogP contribution in [0.3, 0.4) is 0 Å². The molecule has 0 radical (unpaired) electrons. The van der Waals surface area contributed by atoms with Crippen LogP contribution in [0.2, 0.25) is 0 Å². The third-order valence-corrected chi connectivity index (χ3v) is 4.39. The zero-order chi connectivity index (χ0) is 15.5. The van der Waals surface area contributed by atoms with Crippen molar-refractivity contribution in [2.45, 2.75) is 26.8 Å². The first-order valence-electron chi connectivity index (χ1n) is 6.79. The molecule has 0 aliphatic carbocycles. The number of nitrogens with zero attached hydrogens (tertiary/aromatic N) is 1. The molecule has 20 heavy (non-hydrogen) atoms. The number of likely N-dealkylation sites (N-methyl/N-ethyl adjacent to an activating group) is 1. The van der Waals surface area contributed by atoms with Crippen molar-refractivity contribution in [3.8, 4) is 0 Å². The third kappa shape index (κ3) is 5.23. The van der Waals surface area contributed by atoms with Gasteiger partial charge in [0.15, 0.2) is 0 Å². The fraction of sp³-hybridized carbons (Fsp3) is 0.600. The highest BCUT2D eigenvalue weighted by Crippen LogP contribution is 2.22. The average molecular weight is 298 g/mol. The Morgan fingerprint density at radius 2 is 1.70 bits per heavy atom. The Morgan fingerprint density at radius 3 is 2.15 bits per heavy atom. The van der Waals surface area contributed by atoms with E-state index in [0.29, 0.717) is 13.1 Å². The van der Waals surface area contributed by atoms with Gasteiger partial charge in [-0.1, -0.05) is 17.7 Å². The molecule has 0 fully saturated rings. The average Bonchev–Trinajstić information content (AvgIpc) is 2.23. The van der Waals surface area contributed by atoms with Crippen molar-refractivity contribution in [3.05, 3.63) is 34.4 Å². The van der Waals surface area contributed by atoms with Crippen molar-refractivity contribution < 1.29 is 8.42 Å². The van der Waals surface area contributed by atoms with Crippen molar-refractivity contribution in [3.63, 3.8) is 0 Å². The topological polar surface area (TPSA) is 63.4 Å². The molecule has 2 N–H and O–H groups in total. The summed E-state index contributed by atoms with van der Waals surface area (Å²) in [5, 5.41) is 0. The highest BCUT2D eigenvalue weighted by Gasteiger charge is 2.15. The number of benzene rings is 1. The van der Waals surface area contributed by atoms with Crippen molar-refractivity contribution in [2.24, 2.45) is 5.73 Å². The van der Waals surface area contributed by atoms with E-state index in [9.17, 15) is 8.42 Å². The lowest BCUT2D eigenvalue weighted by atomic mass is 9.94. The molecule has 1 aromatic carbocycles. The second-order valence-corrected chi connectivity index (χ2v) is 8.07. The highest BCUT2D eigenvalue weighted by molar-refractivity contribution is 7.90. The van der Waals surface area contributed by atoms with Gasteiger partial charge in [0.25, 0.3) is 0 Å². The minimum atomic E-state index is -2.92. The van der Waals surface area contributed by atoms with Gasteiger partial charge in [0.05, 0.1) is 5.75 Å². The molecule has 5 heteroatoms. The Hall–Kier alpha value is -0.910. The lowest BCUT2D eigenvalue weighted by molar-refractivity contribution is 0.328. The van der Waals surface area contributed by atoms with E-state index >= 15 is 0 Å². The standard InChI is InChI=1S/C15H26N2O2S/c1-11-8-12(2)15(13(3)9-11)14(16)10-17(4)6-7-20(5,18)19/h8-9,14H,6-7,10,16H2,1-5H3. The van der Waals surface area contributed by atoms with E-state index in [2.05, 4.69) is 32.9 Å². The third-order valence-electron chi connectivity index (χ3n) is 3.46. The number of hydrogen-bond acceptors (Lipinski definition) is 4. The van der Waals surface area contributed by atoms with E-state index in [1.165, 1.54) is 28.5 Å². The van der Waals surface area contributed by atoms with E-state index in [-0.39, 0.29) is 11.8 Å². The van der Waals surface area contributed by atoms with E-state index < -0.39 is 9.84 Å². The molecule has 0 saturated heterocycles. The van der Waals surface area contributed by atoms with Gasteiger partial charge in [0.2, 0.25) is 0 Å². The summed E-state index contributed by atoms with van der Waals surface area (Å²) in [5.41, 5.74) is 11.1. The van der Waals surface area contributed by atoms with Gasteiger partial charge < -0.3 is 10.6 Å². The Kier molecular flexibility index (Phi) is 5.74. The van der Waals surface area contributed by atoms with Crippen molar-refractivity contribution >= 4 is 9.84 Å². The molecule has 0 bridgehead atoms. The van der Waals surface area contributed by atoms with Gasteiger partial charge >= 0.3 is 0 Å². The molecule has 0 saturated carbocycles. The zero-order valence-electron chi connectivity index (χ0n) is 13.1. The van der Waals surface area contributed by atoms with Crippen LogP contribution in [0.4, 0.5) is 0 Å². The fourth-order valence-corrected chi connectivity index (χ4v) is 3.26. The summed E-state index contributed by atoms with van der Waals surface area (Å²) in [6.45, 7) is 7.39. The molecule has 0 aliphatic rings. The maximum Gasteiger partial charge on any atom is 0.148 e. The molecule has 1 aromatic rings. The van der Waals surface area contributed by atoms with Crippen LogP contribution in [0.15, 0.2) is 12.1 Å². The largest absolute Gasteiger partial charge is 0.323 e. The van der Waals surface area contributed by atoms with E-state index in [1.54, 1.807) is 0 Å². The lowest BCUT2D eigenvalue weighted by Crippen LogP contribution is -2.33. The van der Waals surface area contributed by atoms with Gasteiger partial charge in [-0.25, -0.2) is 8.42 Å². The predicted octanol–water partition coefficient (Wildman–Crippen LogP) is 1.59. The van der Waals surface area contributed by atoms with E-state index in [0.717, 1.165) is 0 Å². The Balaban J connectivity index is 2.74. The molecule has 0 aromatic heterocycles. The maximum absolute atomic E-state index is 11.2. The molecule has 0 amide bonds. The normalized spacial score (nSPS) is 13.8. The number of sulfone groups is 1. The second kappa shape index (κ2) is 6.70. The SMILES string of the molecule is Cc1cc(C)c(C(N)CN(C)CCS(C)(=O)=O)c(C)c1. The first kappa shape index (κ1) is 17.1. The number of aryl methyl sites for hydroxylation is 3. The second-order valence-electron chi connectivity index (χ2n) is 5.81. The van der Waals surface area contributed by atoms with Gasteiger partial charge in [0.1, 0.15) is 9.84 Å². The quantitative estimate of drug-likeness (QED) is 0.866. The van der Waals surface area contributed by atoms with Gasteiger partial charge in [-0.2, -0.15) is 0 Å². The highest BCUT2D eigenvalue weighted by atomic mass is 32.2. The van der Waals surface area contributed by atoms with Crippen LogP contribution in [-0.2, 0) is 9.84 Å². The molecule has 1 rings (SSSR count). The van der Waals surface area contributed by atoms with E-state index in [4.69, 9.17) is 5.73 Å². The first-order valence-corrected chi connectivity index (χ1v) is 8.86. The molecule has 0 heterocycles. The van der Waals surface area contributed by atoms with Crippen LogP contribution in [0.1, 0.15) is 28.3 Å². The number of nitrogens with two attached hydrogens (primary N) is 1. The molecule has 0 spiro atoms. The summed E-state index contributed by atoms with van der Waals surface area (Å²) in [7, 11) is -1.02. The summed E-state index contributed by atoms with van der Waals surface area (Å²) in [6, 6.07) is 4.18. The summed E-state index contributed by atoms with van der Waals surface area (Å²) in [6.07, 6.45) is 1.26. The minimum Gasteiger partial charge on any atom is -0.323 e. The van der Waals surface area contributed by atoms with Crippen LogP contribution >= 0.6 is 0 Å². The van der Waals surface area contributed by atoms with Crippen LogP contribution < -0.4 is 5.73 Å². The van der Waals surface area contributed by atoms with Gasteiger partial charge in [-0.05, 0) is 44.5 Å². The van der Waals surface area contributed by atoms with Crippen LogP contribution in [0.25, 0.3) is 0 Å².